The van der Waals surface area contributed by atoms with Crippen molar-refractivity contribution < 1.29 is 4.74 Å². The molecular formula is C10H7ClN2O. The maximum Gasteiger partial charge on any atom is 0.219 e. The number of aromatic nitrogens is 2. The van der Waals surface area contributed by atoms with Gasteiger partial charge in [-0.2, -0.15) is 0 Å². The zero-order valence-corrected chi connectivity index (χ0v) is 7.98. The Morgan fingerprint density at radius 3 is 2.64 bits per heavy atom. The van der Waals surface area contributed by atoms with Crippen molar-refractivity contribution in [3.63, 3.8) is 0 Å². The summed E-state index contributed by atoms with van der Waals surface area (Å²) >= 11 is 5.63. The van der Waals surface area contributed by atoms with Crippen molar-refractivity contribution in [2.75, 3.05) is 0 Å². The molecule has 4 heteroatoms. The molecule has 0 saturated heterocycles. The van der Waals surface area contributed by atoms with E-state index in [2.05, 4.69) is 9.97 Å². The van der Waals surface area contributed by atoms with E-state index >= 15 is 0 Å². The molecule has 0 aromatic carbocycles. The third kappa shape index (κ3) is 2.20. The van der Waals surface area contributed by atoms with E-state index in [1.165, 1.54) is 0 Å². The third-order valence-corrected chi connectivity index (χ3v) is 1.78. The number of hydrogen-bond donors (Lipinski definition) is 0. The topological polar surface area (TPSA) is 35.0 Å². The number of hydrogen-bond acceptors (Lipinski definition) is 3. The molecule has 2 aromatic rings. The Labute approximate surface area is 86.3 Å². The van der Waals surface area contributed by atoms with Gasteiger partial charge in [0.1, 0.15) is 10.9 Å². The average Bonchev–Trinajstić information content (AvgIpc) is 2.23. The van der Waals surface area contributed by atoms with E-state index in [1.54, 1.807) is 30.6 Å². The molecule has 0 aliphatic rings. The second-order valence-electron chi connectivity index (χ2n) is 2.59. The van der Waals surface area contributed by atoms with Gasteiger partial charge >= 0.3 is 0 Å². The van der Waals surface area contributed by atoms with Gasteiger partial charge in [-0.05, 0) is 18.2 Å². The highest BCUT2D eigenvalue weighted by Crippen LogP contribution is 2.18. The molecular weight excluding hydrogens is 200 g/mol. The number of rotatable bonds is 2. The minimum Gasteiger partial charge on any atom is -0.437 e. The van der Waals surface area contributed by atoms with E-state index in [9.17, 15) is 0 Å². The van der Waals surface area contributed by atoms with Crippen LogP contribution in [0.3, 0.4) is 0 Å². The number of pyridine rings is 2. The average molecular weight is 207 g/mol. The van der Waals surface area contributed by atoms with Gasteiger partial charge < -0.3 is 4.74 Å². The Balaban J connectivity index is 2.16. The Morgan fingerprint density at radius 2 is 2.00 bits per heavy atom. The van der Waals surface area contributed by atoms with Gasteiger partial charge in [0, 0.05) is 12.3 Å². The second-order valence-corrected chi connectivity index (χ2v) is 2.97. The van der Waals surface area contributed by atoms with Crippen LogP contribution < -0.4 is 4.74 Å². The van der Waals surface area contributed by atoms with E-state index in [0.29, 0.717) is 16.8 Å². The first kappa shape index (κ1) is 8.97. The monoisotopic (exact) mass is 206 g/mol. The van der Waals surface area contributed by atoms with Gasteiger partial charge in [-0.15, -0.1) is 0 Å². The maximum absolute atomic E-state index is 5.63. The molecule has 2 aromatic heterocycles. The van der Waals surface area contributed by atoms with Gasteiger partial charge in [0.15, 0.2) is 0 Å². The molecule has 3 nitrogen and oxygen atoms in total. The molecule has 0 unspecified atom stereocenters. The van der Waals surface area contributed by atoms with Gasteiger partial charge in [-0.3, -0.25) is 0 Å². The SMILES string of the molecule is Clc1ccc(Oc2ccccn2)cn1. The predicted molar refractivity (Wildman–Crippen MR) is 53.6 cm³/mol. The predicted octanol–water partition coefficient (Wildman–Crippen LogP) is 2.92. The molecule has 0 fully saturated rings. The summed E-state index contributed by atoms with van der Waals surface area (Å²) in [6.45, 7) is 0. The van der Waals surface area contributed by atoms with Gasteiger partial charge in [0.05, 0.1) is 6.20 Å². The fourth-order valence-corrected chi connectivity index (χ4v) is 1.06. The number of ether oxygens (including phenoxy) is 1. The van der Waals surface area contributed by atoms with Crippen molar-refractivity contribution in [2.45, 2.75) is 0 Å². The van der Waals surface area contributed by atoms with E-state index in [4.69, 9.17) is 16.3 Å². The molecule has 2 rings (SSSR count). The molecule has 0 amide bonds. The molecule has 0 atom stereocenters. The lowest BCUT2D eigenvalue weighted by molar-refractivity contribution is 0.461. The first-order chi connectivity index (χ1) is 6.84. The van der Waals surface area contributed by atoms with Crippen LogP contribution in [0.15, 0.2) is 42.7 Å². The lowest BCUT2D eigenvalue weighted by atomic mass is 10.4. The van der Waals surface area contributed by atoms with Crippen LogP contribution >= 0.6 is 11.6 Å². The zero-order chi connectivity index (χ0) is 9.80. The summed E-state index contributed by atoms with van der Waals surface area (Å²) in [4.78, 5) is 7.90. The maximum atomic E-state index is 5.63. The smallest absolute Gasteiger partial charge is 0.219 e. The molecule has 0 aliphatic carbocycles. The summed E-state index contributed by atoms with van der Waals surface area (Å²) in [5.41, 5.74) is 0. The minimum atomic E-state index is 0.443. The van der Waals surface area contributed by atoms with Crippen molar-refractivity contribution >= 4 is 11.6 Å². The Hall–Kier alpha value is -1.61. The van der Waals surface area contributed by atoms with Crippen molar-refractivity contribution in [3.8, 4) is 11.6 Å². The summed E-state index contributed by atoms with van der Waals surface area (Å²) in [5.74, 6) is 1.16. The van der Waals surface area contributed by atoms with Crippen molar-refractivity contribution in [3.05, 3.63) is 47.9 Å². The van der Waals surface area contributed by atoms with E-state index in [1.807, 2.05) is 12.1 Å². The Kier molecular flexibility index (Phi) is 2.60. The molecule has 0 aliphatic heterocycles. The summed E-state index contributed by atoms with van der Waals surface area (Å²) in [5, 5.41) is 0.443. The van der Waals surface area contributed by atoms with Crippen LogP contribution in [0.1, 0.15) is 0 Å². The number of halogens is 1. The van der Waals surface area contributed by atoms with Crippen LogP contribution in [-0.2, 0) is 0 Å². The summed E-state index contributed by atoms with van der Waals surface area (Å²) in [6.07, 6.45) is 3.22. The van der Waals surface area contributed by atoms with Crippen molar-refractivity contribution in [1.82, 2.24) is 9.97 Å². The standard InChI is InChI=1S/C10H7ClN2O/c11-9-5-4-8(7-13-9)14-10-3-1-2-6-12-10/h1-7H. The zero-order valence-electron chi connectivity index (χ0n) is 7.22. The molecule has 0 saturated carbocycles. The highest BCUT2D eigenvalue weighted by molar-refractivity contribution is 6.29. The second kappa shape index (κ2) is 4.07. The van der Waals surface area contributed by atoms with Crippen LogP contribution in [0.5, 0.6) is 11.6 Å². The molecule has 14 heavy (non-hydrogen) atoms. The lowest BCUT2D eigenvalue weighted by Crippen LogP contribution is -1.87. The minimum absolute atomic E-state index is 0.443. The van der Waals surface area contributed by atoms with Gasteiger partial charge in [-0.1, -0.05) is 17.7 Å². The molecule has 0 bridgehead atoms. The van der Waals surface area contributed by atoms with Crippen LogP contribution in [-0.4, -0.2) is 9.97 Å². The van der Waals surface area contributed by atoms with Crippen LogP contribution in [0.2, 0.25) is 5.15 Å². The molecule has 0 spiro atoms. The van der Waals surface area contributed by atoms with Gasteiger partial charge in [-0.25, -0.2) is 9.97 Å². The molecule has 70 valence electrons. The van der Waals surface area contributed by atoms with Crippen LogP contribution in [0, 0.1) is 0 Å². The number of nitrogens with zero attached hydrogens (tertiary/aromatic N) is 2. The fourth-order valence-electron chi connectivity index (χ4n) is 0.951. The summed E-state index contributed by atoms with van der Waals surface area (Å²) < 4.78 is 5.40. The lowest BCUT2D eigenvalue weighted by Gasteiger charge is -2.02. The summed E-state index contributed by atoms with van der Waals surface area (Å²) in [6, 6.07) is 8.86. The quantitative estimate of drug-likeness (QED) is 0.709. The normalized spacial score (nSPS) is 9.79. The van der Waals surface area contributed by atoms with E-state index < -0.39 is 0 Å². The Morgan fingerprint density at radius 1 is 1.07 bits per heavy atom. The van der Waals surface area contributed by atoms with Crippen molar-refractivity contribution in [2.24, 2.45) is 0 Å². The molecule has 2 heterocycles. The first-order valence-electron chi connectivity index (χ1n) is 4.05. The van der Waals surface area contributed by atoms with Gasteiger partial charge in [0.25, 0.3) is 0 Å². The highest BCUT2D eigenvalue weighted by Gasteiger charge is 1.97. The van der Waals surface area contributed by atoms with Crippen LogP contribution in [0.25, 0.3) is 0 Å². The Bertz CT molecular complexity index is 402. The van der Waals surface area contributed by atoms with Crippen molar-refractivity contribution in [1.29, 1.82) is 0 Å². The summed E-state index contributed by atoms with van der Waals surface area (Å²) in [7, 11) is 0. The molecule has 0 N–H and O–H groups in total. The first-order valence-corrected chi connectivity index (χ1v) is 4.43. The third-order valence-electron chi connectivity index (χ3n) is 1.56. The largest absolute Gasteiger partial charge is 0.437 e. The highest BCUT2D eigenvalue weighted by atomic mass is 35.5. The van der Waals surface area contributed by atoms with E-state index in [0.717, 1.165) is 0 Å². The molecule has 0 radical (unpaired) electrons. The van der Waals surface area contributed by atoms with Crippen LogP contribution in [0.4, 0.5) is 0 Å². The van der Waals surface area contributed by atoms with E-state index in [-0.39, 0.29) is 0 Å². The van der Waals surface area contributed by atoms with Gasteiger partial charge in [0.2, 0.25) is 5.88 Å². The fraction of sp³-hybridized carbons (Fsp3) is 0.